The molecule has 0 spiro atoms. The molecule has 0 unspecified atom stereocenters. The molecule has 0 radical (unpaired) electrons. The number of rotatable bonds is 2. The first kappa shape index (κ1) is 18.1. The maximum atomic E-state index is 12.5. The van der Waals surface area contributed by atoms with Crippen molar-refractivity contribution in [1.82, 2.24) is 9.47 Å². The highest BCUT2D eigenvalue weighted by molar-refractivity contribution is 5.86. The molecule has 0 bridgehead atoms. The number of aryl methyl sites for hydroxylation is 1. The van der Waals surface area contributed by atoms with Crippen LogP contribution in [0.25, 0.3) is 16.5 Å². The Morgan fingerprint density at radius 2 is 1.79 bits per heavy atom. The smallest absolute Gasteiger partial charge is 0.410 e. The van der Waals surface area contributed by atoms with E-state index in [0.717, 1.165) is 12.0 Å². The van der Waals surface area contributed by atoms with E-state index in [4.69, 9.17) is 4.74 Å². The zero-order chi connectivity index (χ0) is 19.7. The van der Waals surface area contributed by atoms with Crippen LogP contribution in [0, 0.1) is 0 Å². The van der Waals surface area contributed by atoms with Crippen LogP contribution in [0.4, 0.5) is 4.79 Å². The molecule has 4 rings (SSSR count). The molecule has 2 aromatic carbocycles. The number of piperidine rings is 1. The van der Waals surface area contributed by atoms with Crippen LogP contribution in [0.1, 0.15) is 19.0 Å². The van der Waals surface area contributed by atoms with E-state index in [2.05, 4.69) is 55.4 Å². The molecule has 28 heavy (non-hydrogen) atoms. The molecular formula is C24H24N2O2. The molecule has 1 aromatic heterocycles. The Kier molecular flexibility index (Phi) is 4.78. The van der Waals surface area contributed by atoms with Crippen molar-refractivity contribution >= 4 is 22.6 Å². The maximum absolute atomic E-state index is 12.5. The largest absolute Gasteiger partial charge is 0.415 e. The third kappa shape index (κ3) is 3.33. The fourth-order valence-corrected chi connectivity index (χ4v) is 3.89. The van der Waals surface area contributed by atoms with E-state index in [0.29, 0.717) is 18.8 Å². The second-order valence-electron chi connectivity index (χ2n) is 7.21. The van der Waals surface area contributed by atoms with E-state index in [9.17, 15) is 4.79 Å². The monoisotopic (exact) mass is 372 g/mol. The Bertz CT molecular complexity index is 1080. The number of fused-ring (bicyclic) bond motifs is 1. The molecule has 2 heterocycles. The van der Waals surface area contributed by atoms with Crippen LogP contribution < -0.4 is 4.74 Å². The van der Waals surface area contributed by atoms with Gasteiger partial charge in [0, 0.05) is 36.7 Å². The van der Waals surface area contributed by atoms with Crippen molar-refractivity contribution in [3.8, 4) is 5.75 Å². The second-order valence-corrected chi connectivity index (χ2v) is 7.21. The predicted octanol–water partition coefficient (Wildman–Crippen LogP) is 5.41. The molecule has 1 amide bonds. The lowest BCUT2D eigenvalue weighted by molar-refractivity contribution is 0.154. The third-order valence-corrected chi connectivity index (χ3v) is 5.44. The van der Waals surface area contributed by atoms with Gasteiger partial charge in [0.15, 0.2) is 0 Å². The number of hydrogen-bond acceptors (Lipinski definition) is 2. The van der Waals surface area contributed by atoms with Crippen molar-refractivity contribution in [2.24, 2.45) is 7.05 Å². The summed E-state index contributed by atoms with van der Waals surface area (Å²) in [6, 6.07) is 19.8. The van der Waals surface area contributed by atoms with Crippen molar-refractivity contribution in [2.45, 2.75) is 13.3 Å². The number of hydrogen-bond donors (Lipinski definition) is 0. The zero-order valence-electron chi connectivity index (χ0n) is 16.3. The van der Waals surface area contributed by atoms with Gasteiger partial charge in [-0.15, -0.1) is 0 Å². The number of carbonyl (C=O) groups is 1. The summed E-state index contributed by atoms with van der Waals surface area (Å²) in [6.45, 7) is 7.51. The normalized spacial score (nSPS) is 16.4. The van der Waals surface area contributed by atoms with Crippen LogP contribution in [0.3, 0.4) is 0 Å². The molecule has 4 nitrogen and oxygen atoms in total. The summed E-state index contributed by atoms with van der Waals surface area (Å²) in [6.07, 6.45) is 0.449. The molecule has 4 heteroatoms. The van der Waals surface area contributed by atoms with E-state index in [-0.39, 0.29) is 6.09 Å². The Labute approximate surface area is 165 Å². The van der Waals surface area contributed by atoms with Crippen molar-refractivity contribution in [3.63, 3.8) is 0 Å². The highest BCUT2D eigenvalue weighted by Gasteiger charge is 2.25. The third-order valence-electron chi connectivity index (χ3n) is 5.44. The number of allylic oxidation sites excluding steroid dienone is 1. The van der Waals surface area contributed by atoms with Gasteiger partial charge in [0.25, 0.3) is 0 Å². The lowest BCUT2D eigenvalue weighted by atomic mass is 9.93. The number of likely N-dealkylation sites (tertiary alicyclic amines) is 1. The summed E-state index contributed by atoms with van der Waals surface area (Å²) >= 11 is 0. The number of ether oxygens (including phenoxy) is 1. The van der Waals surface area contributed by atoms with E-state index in [1.165, 1.54) is 27.7 Å². The van der Waals surface area contributed by atoms with Gasteiger partial charge >= 0.3 is 6.09 Å². The summed E-state index contributed by atoms with van der Waals surface area (Å²) in [5.74, 6) is 0.561. The molecule has 0 saturated carbocycles. The van der Waals surface area contributed by atoms with Crippen LogP contribution in [0.15, 0.2) is 78.4 Å². The van der Waals surface area contributed by atoms with Crippen molar-refractivity contribution in [2.75, 3.05) is 13.1 Å². The summed E-state index contributed by atoms with van der Waals surface area (Å²) in [4.78, 5) is 14.2. The number of aromatic nitrogens is 1. The van der Waals surface area contributed by atoms with Gasteiger partial charge in [0.2, 0.25) is 0 Å². The number of carbonyl (C=O) groups excluding carboxylic acids is 1. The SMILES string of the molecule is C=C1CN(C(=O)Oc2ccccc2)CC/C1=C(/C)c1cc2ccccc2n1C. The topological polar surface area (TPSA) is 34.5 Å². The zero-order valence-corrected chi connectivity index (χ0v) is 16.3. The van der Waals surface area contributed by atoms with Crippen molar-refractivity contribution in [1.29, 1.82) is 0 Å². The molecular weight excluding hydrogens is 348 g/mol. The molecule has 0 N–H and O–H groups in total. The first-order chi connectivity index (χ1) is 13.5. The van der Waals surface area contributed by atoms with Gasteiger partial charge < -0.3 is 14.2 Å². The minimum absolute atomic E-state index is 0.325. The van der Waals surface area contributed by atoms with Gasteiger partial charge in [0.1, 0.15) is 5.75 Å². The summed E-state index contributed by atoms with van der Waals surface area (Å²) in [7, 11) is 2.09. The van der Waals surface area contributed by atoms with Crippen LogP contribution in [-0.2, 0) is 7.05 Å². The predicted molar refractivity (Wildman–Crippen MR) is 113 cm³/mol. The average molecular weight is 372 g/mol. The Morgan fingerprint density at radius 3 is 2.50 bits per heavy atom. The lowest BCUT2D eigenvalue weighted by Gasteiger charge is -2.30. The molecule has 0 atom stereocenters. The van der Waals surface area contributed by atoms with Gasteiger partial charge in [-0.05, 0) is 54.3 Å². The van der Waals surface area contributed by atoms with Crippen molar-refractivity contribution in [3.05, 3.63) is 84.1 Å². The number of nitrogens with zero attached hydrogens (tertiary/aromatic N) is 2. The van der Waals surface area contributed by atoms with Gasteiger partial charge in [-0.2, -0.15) is 0 Å². The highest BCUT2D eigenvalue weighted by atomic mass is 16.6. The second kappa shape index (κ2) is 7.39. The quantitative estimate of drug-likeness (QED) is 0.602. The maximum Gasteiger partial charge on any atom is 0.415 e. The minimum Gasteiger partial charge on any atom is -0.410 e. The van der Waals surface area contributed by atoms with Crippen LogP contribution >= 0.6 is 0 Å². The molecule has 0 aliphatic carbocycles. The van der Waals surface area contributed by atoms with Crippen LogP contribution in [-0.4, -0.2) is 28.6 Å². The van der Waals surface area contributed by atoms with Gasteiger partial charge in [-0.1, -0.05) is 43.0 Å². The molecule has 3 aromatic rings. The first-order valence-electron chi connectivity index (χ1n) is 9.49. The molecule has 1 aliphatic rings. The first-order valence-corrected chi connectivity index (χ1v) is 9.49. The summed E-state index contributed by atoms with van der Waals surface area (Å²) < 4.78 is 7.69. The lowest BCUT2D eigenvalue weighted by Crippen LogP contribution is -2.39. The van der Waals surface area contributed by atoms with Gasteiger partial charge in [-0.25, -0.2) is 4.79 Å². The Morgan fingerprint density at radius 1 is 1.07 bits per heavy atom. The molecule has 1 saturated heterocycles. The van der Waals surface area contributed by atoms with Crippen molar-refractivity contribution < 1.29 is 9.53 Å². The standard InChI is InChI=1S/C24H24N2O2/c1-17-16-26(24(27)28-20-10-5-4-6-11-20)14-13-21(17)18(2)23-15-19-9-7-8-12-22(19)25(23)3/h4-12,15H,1,13-14,16H2,2-3H3/b21-18+. The van der Waals surface area contributed by atoms with Gasteiger partial charge in [-0.3, -0.25) is 0 Å². The number of para-hydroxylation sites is 2. The Hall–Kier alpha value is -3.27. The van der Waals surface area contributed by atoms with Gasteiger partial charge in [0.05, 0.1) is 0 Å². The average Bonchev–Trinajstić information content (AvgIpc) is 3.05. The Balaban J connectivity index is 1.54. The number of amides is 1. The summed E-state index contributed by atoms with van der Waals surface area (Å²) in [5.41, 5.74) is 5.83. The minimum atomic E-state index is -0.325. The molecule has 142 valence electrons. The van der Waals surface area contributed by atoms with E-state index < -0.39 is 0 Å². The van der Waals surface area contributed by atoms with E-state index in [1.807, 2.05) is 18.2 Å². The fraction of sp³-hybridized carbons (Fsp3) is 0.208. The molecule has 1 fully saturated rings. The van der Waals surface area contributed by atoms with E-state index in [1.54, 1.807) is 17.0 Å². The summed E-state index contributed by atoms with van der Waals surface area (Å²) in [5, 5.41) is 1.23. The number of benzene rings is 2. The highest BCUT2D eigenvalue weighted by Crippen LogP contribution is 2.32. The van der Waals surface area contributed by atoms with Crippen LogP contribution in [0.5, 0.6) is 5.75 Å². The van der Waals surface area contributed by atoms with E-state index >= 15 is 0 Å². The van der Waals surface area contributed by atoms with Crippen LogP contribution in [0.2, 0.25) is 0 Å². The molecule has 1 aliphatic heterocycles. The fourth-order valence-electron chi connectivity index (χ4n) is 3.89.